The topological polar surface area (TPSA) is 41.1 Å². The summed E-state index contributed by atoms with van der Waals surface area (Å²) in [6.45, 7) is 4.97. The minimum atomic E-state index is 0.00798. The Morgan fingerprint density at radius 3 is 2.18 bits per heavy atom. The summed E-state index contributed by atoms with van der Waals surface area (Å²) < 4.78 is 0.997. The van der Waals surface area contributed by atoms with Crippen LogP contribution >= 0.6 is 15.9 Å². The maximum Gasteiger partial charge on any atom is 0.226 e. The van der Waals surface area contributed by atoms with E-state index in [1.165, 1.54) is 5.56 Å². The second-order valence-corrected chi connectivity index (χ2v) is 6.42. The average molecular weight is 361 g/mol. The molecule has 0 aliphatic carbocycles. The molecule has 4 heteroatoms. The van der Waals surface area contributed by atoms with Crippen LogP contribution in [0.25, 0.3) is 0 Å². The predicted octanol–water partition coefficient (Wildman–Crippen LogP) is 5.01. The summed E-state index contributed by atoms with van der Waals surface area (Å²) in [5, 5.41) is 6.15. The Kier molecular flexibility index (Phi) is 6.01. The van der Waals surface area contributed by atoms with Crippen LogP contribution in [-0.4, -0.2) is 12.5 Å². The van der Waals surface area contributed by atoms with Gasteiger partial charge in [-0.1, -0.05) is 41.9 Å². The van der Waals surface area contributed by atoms with E-state index in [0.717, 1.165) is 15.8 Å². The summed E-state index contributed by atoms with van der Waals surface area (Å²) >= 11 is 3.37. The van der Waals surface area contributed by atoms with Gasteiger partial charge in [0.1, 0.15) is 0 Å². The highest BCUT2D eigenvalue weighted by atomic mass is 79.9. The van der Waals surface area contributed by atoms with Gasteiger partial charge in [0.2, 0.25) is 5.91 Å². The molecule has 0 radical (unpaired) electrons. The van der Waals surface area contributed by atoms with Gasteiger partial charge in [0.05, 0.1) is 0 Å². The van der Waals surface area contributed by atoms with Crippen LogP contribution < -0.4 is 10.6 Å². The van der Waals surface area contributed by atoms with Crippen LogP contribution in [0.15, 0.2) is 53.0 Å². The molecule has 1 amide bonds. The fraction of sp³-hybridized carbons (Fsp3) is 0.278. The van der Waals surface area contributed by atoms with Crippen molar-refractivity contribution in [2.24, 2.45) is 0 Å². The highest BCUT2D eigenvalue weighted by Gasteiger charge is 2.03. The zero-order chi connectivity index (χ0) is 15.9. The van der Waals surface area contributed by atoms with Gasteiger partial charge in [0, 0.05) is 28.8 Å². The number of carbonyl (C=O) groups excluding carboxylic acids is 1. The number of benzene rings is 2. The van der Waals surface area contributed by atoms with Crippen molar-refractivity contribution in [3.05, 3.63) is 58.6 Å². The second kappa shape index (κ2) is 7.99. The molecule has 0 aliphatic heterocycles. The largest absolute Gasteiger partial charge is 0.385 e. The van der Waals surface area contributed by atoms with Crippen LogP contribution in [0.2, 0.25) is 0 Å². The molecule has 0 saturated heterocycles. The smallest absolute Gasteiger partial charge is 0.226 e. The summed E-state index contributed by atoms with van der Waals surface area (Å²) in [6, 6.07) is 15.9. The summed E-state index contributed by atoms with van der Waals surface area (Å²) in [4.78, 5) is 11.9. The number of nitrogens with one attached hydrogen (secondary N) is 2. The molecule has 0 atom stereocenters. The lowest BCUT2D eigenvalue weighted by Gasteiger charge is -2.09. The molecule has 116 valence electrons. The molecule has 2 rings (SSSR count). The van der Waals surface area contributed by atoms with Crippen molar-refractivity contribution >= 4 is 33.2 Å². The number of carbonyl (C=O) groups is 1. The molecule has 0 saturated carbocycles. The van der Waals surface area contributed by atoms with Gasteiger partial charge in [-0.25, -0.2) is 0 Å². The third-order valence-electron chi connectivity index (χ3n) is 3.39. The van der Waals surface area contributed by atoms with Crippen LogP contribution in [-0.2, 0) is 4.79 Å². The van der Waals surface area contributed by atoms with Crippen molar-refractivity contribution in [3.63, 3.8) is 0 Å². The minimum absolute atomic E-state index is 0.00798. The van der Waals surface area contributed by atoms with Crippen molar-refractivity contribution < 1.29 is 4.79 Å². The number of rotatable bonds is 6. The zero-order valence-electron chi connectivity index (χ0n) is 12.9. The molecule has 3 nitrogen and oxygen atoms in total. The van der Waals surface area contributed by atoms with Gasteiger partial charge in [-0.05, 0) is 47.9 Å². The number of hydrogen-bond acceptors (Lipinski definition) is 2. The van der Waals surface area contributed by atoms with E-state index in [1.54, 1.807) is 0 Å². The molecule has 2 aromatic carbocycles. The Balaban J connectivity index is 1.75. The van der Waals surface area contributed by atoms with Gasteiger partial charge in [-0.15, -0.1) is 0 Å². The second-order valence-electron chi connectivity index (χ2n) is 5.51. The maximum absolute atomic E-state index is 11.9. The summed E-state index contributed by atoms with van der Waals surface area (Å²) in [6.07, 6.45) is 0.433. The van der Waals surface area contributed by atoms with Gasteiger partial charge in [-0.3, -0.25) is 4.79 Å². The van der Waals surface area contributed by atoms with Gasteiger partial charge in [-0.2, -0.15) is 0 Å². The number of halogens is 1. The first-order chi connectivity index (χ1) is 10.5. The quantitative estimate of drug-likeness (QED) is 0.759. The molecule has 0 heterocycles. The van der Waals surface area contributed by atoms with E-state index in [4.69, 9.17) is 0 Å². The molecular weight excluding hydrogens is 340 g/mol. The predicted molar refractivity (Wildman–Crippen MR) is 96.4 cm³/mol. The van der Waals surface area contributed by atoms with Crippen LogP contribution in [0.3, 0.4) is 0 Å². The van der Waals surface area contributed by atoms with Crippen molar-refractivity contribution in [2.45, 2.75) is 26.2 Å². The Labute approximate surface area is 140 Å². The molecular formula is C18H21BrN2O. The Hall–Kier alpha value is -1.81. The summed E-state index contributed by atoms with van der Waals surface area (Å²) in [7, 11) is 0. The van der Waals surface area contributed by atoms with Crippen LogP contribution in [0.5, 0.6) is 0 Å². The van der Waals surface area contributed by atoms with Crippen molar-refractivity contribution in [1.29, 1.82) is 0 Å². The molecule has 0 aliphatic rings. The molecule has 0 fully saturated rings. The van der Waals surface area contributed by atoms with Crippen LogP contribution in [0, 0.1) is 0 Å². The SMILES string of the molecule is CC(C)c1ccc(NCCC(=O)Nc2ccc(Br)cc2)cc1. The van der Waals surface area contributed by atoms with E-state index >= 15 is 0 Å². The molecule has 22 heavy (non-hydrogen) atoms. The van der Waals surface area contributed by atoms with E-state index in [1.807, 2.05) is 24.3 Å². The zero-order valence-corrected chi connectivity index (χ0v) is 14.5. The Morgan fingerprint density at radius 1 is 1.00 bits per heavy atom. The summed E-state index contributed by atoms with van der Waals surface area (Å²) in [5.41, 5.74) is 3.17. The lowest BCUT2D eigenvalue weighted by Crippen LogP contribution is -2.16. The fourth-order valence-electron chi connectivity index (χ4n) is 2.06. The molecule has 0 bridgehead atoms. The first kappa shape index (κ1) is 16.6. The Morgan fingerprint density at radius 2 is 1.59 bits per heavy atom. The average Bonchev–Trinajstić information content (AvgIpc) is 2.50. The van der Waals surface area contributed by atoms with E-state index in [-0.39, 0.29) is 5.91 Å². The maximum atomic E-state index is 11.9. The number of amides is 1. The molecule has 2 N–H and O–H groups in total. The third-order valence-corrected chi connectivity index (χ3v) is 3.92. The van der Waals surface area contributed by atoms with Gasteiger partial charge >= 0.3 is 0 Å². The molecule has 0 aromatic heterocycles. The minimum Gasteiger partial charge on any atom is -0.385 e. The van der Waals surface area contributed by atoms with E-state index < -0.39 is 0 Å². The van der Waals surface area contributed by atoms with Gasteiger partial charge in [0.15, 0.2) is 0 Å². The van der Waals surface area contributed by atoms with Crippen molar-refractivity contribution in [3.8, 4) is 0 Å². The molecule has 2 aromatic rings. The van der Waals surface area contributed by atoms with Gasteiger partial charge in [0.25, 0.3) is 0 Å². The molecule has 0 spiro atoms. The fourth-order valence-corrected chi connectivity index (χ4v) is 2.33. The lowest BCUT2D eigenvalue weighted by molar-refractivity contribution is -0.115. The van der Waals surface area contributed by atoms with Crippen molar-refractivity contribution in [2.75, 3.05) is 17.2 Å². The first-order valence-electron chi connectivity index (χ1n) is 7.44. The van der Waals surface area contributed by atoms with Crippen LogP contribution in [0.4, 0.5) is 11.4 Å². The van der Waals surface area contributed by atoms with E-state index in [0.29, 0.717) is 18.9 Å². The highest BCUT2D eigenvalue weighted by molar-refractivity contribution is 9.10. The highest BCUT2D eigenvalue weighted by Crippen LogP contribution is 2.17. The first-order valence-corrected chi connectivity index (χ1v) is 8.23. The third kappa shape index (κ3) is 5.19. The molecule has 0 unspecified atom stereocenters. The van der Waals surface area contributed by atoms with E-state index in [2.05, 4.69) is 64.7 Å². The number of anilines is 2. The van der Waals surface area contributed by atoms with Crippen LogP contribution in [0.1, 0.15) is 31.7 Å². The lowest BCUT2D eigenvalue weighted by atomic mass is 10.0. The van der Waals surface area contributed by atoms with Crippen molar-refractivity contribution in [1.82, 2.24) is 0 Å². The monoisotopic (exact) mass is 360 g/mol. The van der Waals surface area contributed by atoms with E-state index in [9.17, 15) is 4.79 Å². The normalized spacial score (nSPS) is 10.5. The van der Waals surface area contributed by atoms with Gasteiger partial charge < -0.3 is 10.6 Å². The standard InChI is InChI=1S/C18H21BrN2O/c1-13(2)14-3-7-16(8-4-14)20-12-11-18(22)21-17-9-5-15(19)6-10-17/h3-10,13,20H,11-12H2,1-2H3,(H,21,22). The number of hydrogen-bond donors (Lipinski definition) is 2. The summed E-state index contributed by atoms with van der Waals surface area (Å²) in [5.74, 6) is 0.541. The Bertz CT molecular complexity index is 606.